The van der Waals surface area contributed by atoms with Crippen LogP contribution in [0.2, 0.25) is 0 Å². The molecule has 1 saturated carbocycles. The zero-order chi connectivity index (χ0) is 16.0. The van der Waals surface area contributed by atoms with E-state index < -0.39 is 0 Å². The molecule has 0 radical (unpaired) electrons. The molecule has 1 amide bonds. The van der Waals surface area contributed by atoms with Crippen LogP contribution in [0.1, 0.15) is 34.0 Å². The van der Waals surface area contributed by atoms with E-state index in [9.17, 15) is 9.18 Å². The first-order chi connectivity index (χ1) is 11.1. The quantitative estimate of drug-likeness (QED) is 0.757. The lowest BCUT2D eigenvalue weighted by atomic mass is 10.1. The molecule has 3 aromatic rings. The number of aromatic nitrogens is 1. The van der Waals surface area contributed by atoms with E-state index in [2.05, 4.69) is 10.3 Å². The van der Waals surface area contributed by atoms with Crippen LogP contribution >= 0.6 is 0 Å². The zero-order valence-corrected chi connectivity index (χ0v) is 12.8. The van der Waals surface area contributed by atoms with Gasteiger partial charge in [0.05, 0.1) is 5.56 Å². The molecule has 0 saturated heterocycles. The Kier molecular flexibility index (Phi) is 3.18. The van der Waals surface area contributed by atoms with Crippen molar-refractivity contribution in [3.05, 3.63) is 71.2 Å². The second kappa shape index (κ2) is 5.23. The summed E-state index contributed by atoms with van der Waals surface area (Å²) in [6.07, 6.45) is 0.786. The first kappa shape index (κ1) is 14.0. The van der Waals surface area contributed by atoms with Crippen LogP contribution in [0.15, 0.2) is 48.5 Å². The number of amides is 1. The van der Waals surface area contributed by atoms with E-state index in [1.54, 1.807) is 12.1 Å². The number of para-hydroxylation sites is 1. The number of hydrogen-bond acceptors (Lipinski definition) is 1. The average molecular weight is 308 g/mol. The molecule has 2 aromatic carbocycles. The predicted molar refractivity (Wildman–Crippen MR) is 88.0 cm³/mol. The van der Waals surface area contributed by atoms with Crippen molar-refractivity contribution in [2.45, 2.75) is 25.3 Å². The smallest absolute Gasteiger partial charge is 0.253 e. The van der Waals surface area contributed by atoms with Gasteiger partial charge < -0.3 is 10.3 Å². The fourth-order valence-electron chi connectivity index (χ4n) is 3.28. The van der Waals surface area contributed by atoms with Gasteiger partial charge in [0.25, 0.3) is 5.91 Å². The van der Waals surface area contributed by atoms with Crippen molar-refractivity contribution < 1.29 is 9.18 Å². The van der Waals surface area contributed by atoms with Crippen molar-refractivity contribution in [2.75, 3.05) is 0 Å². The number of halogens is 1. The van der Waals surface area contributed by atoms with Crippen molar-refractivity contribution in [2.24, 2.45) is 0 Å². The van der Waals surface area contributed by atoms with Gasteiger partial charge in [-0.2, -0.15) is 0 Å². The number of aromatic amines is 1. The van der Waals surface area contributed by atoms with E-state index in [1.807, 2.05) is 37.3 Å². The van der Waals surface area contributed by atoms with Crippen LogP contribution in [0, 0.1) is 12.7 Å². The number of rotatable bonds is 3. The molecule has 116 valence electrons. The molecule has 4 rings (SSSR count). The number of benzene rings is 2. The van der Waals surface area contributed by atoms with Gasteiger partial charge in [0, 0.05) is 28.6 Å². The largest absolute Gasteiger partial charge is 0.358 e. The maximum absolute atomic E-state index is 13.8. The molecule has 0 bridgehead atoms. The Balaban J connectivity index is 1.55. The molecule has 0 spiro atoms. The Morgan fingerprint density at radius 2 is 1.91 bits per heavy atom. The molecule has 1 heterocycles. The lowest BCUT2D eigenvalue weighted by Gasteiger charge is -2.06. The summed E-state index contributed by atoms with van der Waals surface area (Å²) in [5, 5.41) is 3.96. The zero-order valence-electron chi connectivity index (χ0n) is 12.8. The minimum absolute atomic E-state index is 0.00691. The molecule has 2 N–H and O–H groups in total. The van der Waals surface area contributed by atoms with Gasteiger partial charge in [0.2, 0.25) is 0 Å². The molecule has 0 unspecified atom stereocenters. The van der Waals surface area contributed by atoms with Gasteiger partial charge in [-0.3, -0.25) is 4.79 Å². The fraction of sp³-hybridized carbons (Fsp3) is 0.211. The van der Waals surface area contributed by atoms with Crippen molar-refractivity contribution >= 4 is 16.8 Å². The highest BCUT2D eigenvalue weighted by molar-refractivity contribution is 6.08. The van der Waals surface area contributed by atoms with E-state index in [0.717, 1.165) is 23.0 Å². The summed E-state index contributed by atoms with van der Waals surface area (Å²) in [6.45, 7) is 1.90. The molecular weight excluding hydrogens is 291 g/mol. The first-order valence-electron chi connectivity index (χ1n) is 7.77. The summed E-state index contributed by atoms with van der Waals surface area (Å²) in [5.74, 6) is -0.216. The fourth-order valence-corrected chi connectivity index (χ4v) is 3.28. The number of aryl methyl sites for hydroxylation is 1. The third-order valence-electron chi connectivity index (χ3n) is 4.53. The summed E-state index contributed by atoms with van der Waals surface area (Å²) in [7, 11) is 0. The average Bonchev–Trinajstić information content (AvgIpc) is 3.19. The van der Waals surface area contributed by atoms with Gasteiger partial charge in [0.15, 0.2) is 0 Å². The van der Waals surface area contributed by atoms with E-state index in [-0.39, 0.29) is 23.7 Å². The Bertz CT molecular complexity index is 899. The van der Waals surface area contributed by atoms with Crippen LogP contribution in [0.3, 0.4) is 0 Å². The number of carbonyl (C=O) groups excluding carboxylic acids is 1. The molecule has 2 atom stereocenters. The highest BCUT2D eigenvalue weighted by atomic mass is 19.1. The Morgan fingerprint density at radius 3 is 2.74 bits per heavy atom. The van der Waals surface area contributed by atoms with E-state index in [1.165, 1.54) is 6.07 Å². The Morgan fingerprint density at radius 1 is 1.17 bits per heavy atom. The van der Waals surface area contributed by atoms with Crippen LogP contribution in [-0.4, -0.2) is 16.9 Å². The minimum atomic E-state index is -0.197. The SMILES string of the molecule is Cc1[nH]c2ccccc2c1C(=O)N[C@H]1C[C@H]1c1ccccc1F. The highest BCUT2D eigenvalue weighted by Crippen LogP contribution is 2.42. The second-order valence-corrected chi connectivity index (χ2v) is 6.11. The molecule has 1 aliphatic rings. The van der Waals surface area contributed by atoms with Gasteiger partial charge in [0.1, 0.15) is 5.82 Å². The third kappa shape index (κ3) is 2.40. The molecule has 1 aromatic heterocycles. The van der Waals surface area contributed by atoms with Gasteiger partial charge in [-0.15, -0.1) is 0 Å². The van der Waals surface area contributed by atoms with Crippen LogP contribution in [0.5, 0.6) is 0 Å². The van der Waals surface area contributed by atoms with Gasteiger partial charge >= 0.3 is 0 Å². The molecule has 23 heavy (non-hydrogen) atoms. The normalized spacial score (nSPS) is 19.7. The van der Waals surface area contributed by atoms with E-state index in [4.69, 9.17) is 0 Å². The number of nitrogens with one attached hydrogen (secondary N) is 2. The van der Waals surface area contributed by atoms with Crippen molar-refractivity contribution in [1.29, 1.82) is 0 Å². The molecular formula is C19H17FN2O. The van der Waals surface area contributed by atoms with Crippen LogP contribution < -0.4 is 5.32 Å². The third-order valence-corrected chi connectivity index (χ3v) is 4.53. The molecule has 3 nitrogen and oxygen atoms in total. The number of fused-ring (bicyclic) bond motifs is 1. The van der Waals surface area contributed by atoms with Crippen LogP contribution in [0.4, 0.5) is 4.39 Å². The number of carbonyl (C=O) groups is 1. The Labute approximate surface area is 133 Å². The van der Waals surface area contributed by atoms with Gasteiger partial charge in [-0.05, 0) is 31.0 Å². The van der Waals surface area contributed by atoms with Crippen LogP contribution in [0.25, 0.3) is 10.9 Å². The predicted octanol–water partition coefficient (Wildman–Crippen LogP) is 3.90. The van der Waals surface area contributed by atoms with Gasteiger partial charge in [-0.25, -0.2) is 4.39 Å². The first-order valence-corrected chi connectivity index (χ1v) is 7.77. The van der Waals surface area contributed by atoms with Crippen molar-refractivity contribution in [1.82, 2.24) is 10.3 Å². The van der Waals surface area contributed by atoms with E-state index >= 15 is 0 Å². The van der Waals surface area contributed by atoms with Gasteiger partial charge in [-0.1, -0.05) is 36.4 Å². The molecule has 4 heteroatoms. The second-order valence-electron chi connectivity index (χ2n) is 6.11. The minimum Gasteiger partial charge on any atom is -0.358 e. The standard InChI is InChI=1S/C19H17FN2O/c1-11-18(13-7-3-5-9-16(13)21-11)19(23)22-17-10-14(17)12-6-2-4-8-15(12)20/h2-9,14,17,21H,10H2,1H3,(H,22,23)/t14-,17-/m0/s1. The number of H-pyrrole nitrogens is 1. The van der Waals surface area contributed by atoms with Crippen molar-refractivity contribution in [3.8, 4) is 0 Å². The number of hydrogen-bond donors (Lipinski definition) is 2. The molecule has 1 fully saturated rings. The lowest BCUT2D eigenvalue weighted by Crippen LogP contribution is -2.27. The van der Waals surface area contributed by atoms with Crippen molar-refractivity contribution in [3.63, 3.8) is 0 Å². The maximum atomic E-state index is 13.8. The summed E-state index contributed by atoms with van der Waals surface area (Å²) in [6, 6.07) is 14.5. The summed E-state index contributed by atoms with van der Waals surface area (Å²) in [4.78, 5) is 15.9. The highest BCUT2D eigenvalue weighted by Gasteiger charge is 2.41. The molecule has 1 aliphatic carbocycles. The Hall–Kier alpha value is -2.62. The lowest BCUT2D eigenvalue weighted by molar-refractivity contribution is 0.0951. The topological polar surface area (TPSA) is 44.9 Å². The molecule has 0 aliphatic heterocycles. The summed E-state index contributed by atoms with van der Waals surface area (Å²) < 4.78 is 13.8. The maximum Gasteiger partial charge on any atom is 0.253 e. The van der Waals surface area contributed by atoms with Crippen LogP contribution in [-0.2, 0) is 0 Å². The monoisotopic (exact) mass is 308 g/mol. The van der Waals surface area contributed by atoms with E-state index in [0.29, 0.717) is 11.1 Å². The summed E-state index contributed by atoms with van der Waals surface area (Å²) in [5.41, 5.74) is 3.18. The summed E-state index contributed by atoms with van der Waals surface area (Å²) >= 11 is 0.